The van der Waals surface area contributed by atoms with Gasteiger partial charge < -0.3 is 19.0 Å². The number of carbonyl (C=O) groups excluding carboxylic acids is 2. The van der Waals surface area contributed by atoms with E-state index in [4.69, 9.17) is 9.15 Å². The summed E-state index contributed by atoms with van der Waals surface area (Å²) in [5.74, 6) is 1.13. The van der Waals surface area contributed by atoms with Gasteiger partial charge in [-0.2, -0.15) is 0 Å². The SMILES string of the molecule is CCN1C[C@]2(CCCN(C(=O)c3coc(CN4CCOCC4)c3)C2)CCC1=O. The highest BCUT2D eigenvalue weighted by Crippen LogP contribution is 2.39. The van der Waals surface area contributed by atoms with Crippen LogP contribution in [0.15, 0.2) is 16.7 Å². The second-order valence-corrected chi connectivity index (χ2v) is 8.43. The van der Waals surface area contributed by atoms with Gasteiger partial charge in [0.25, 0.3) is 5.91 Å². The van der Waals surface area contributed by atoms with Crippen LogP contribution in [-0.4, -0.2) is 79.0 Å². The molecule has 0 bridgehead atoms. The van der Waals surface area contributed by atoms with Crippen LogP contribution in [0.25, 0.3) is 0 Å². The van der Waals surface area contributed by atoms with Crippen LogP contribution < -0.4 is 0 Å². The molecule has 7 heteroatoms. The van der Waals surface area contributed by atoms with E-state index in [1.165, 1.54) is 0 Å². The summed E-state index contributed by atoms with van der Waals surface area (Å²) in [5, 5.41) is 0. The number of amides is 2. The van der Waals surface area contributed by atoms with Crippen molar-refractivity contribution in [3.05, 3.63) is 23.7 Å². The number of rotatable bonds is 4. The first kappa shape index (κ1) is 19.5. The van der Waals surface area contributed by atoms with Gasteiger partial charge in [0.1, 0.15) is 12.0 Å². The Morgan fingerprint density at radius 2 is 2.00 bits per heavy atom. The van der Waals surface area contributed by atoms with E-state index in [2.05, 4.69) is 4.90 Å². The van der Waals surface area contributed by atoms with Crippen LogP contribution in [-0.2, 0) is 16.1 Å². The van der Waals surface area contributed by atoms with Crippen molar-refractivity contribution in [2.24, 2.45) is 5.41 Å². The minimum atomic E-state index is 0.0519. The highest BCUT2D eigenvalue weighted by molar-refractivity contribution is 5.94. The summed E-state index contributed by atoms with van der Waals surface area (Å²) in [6.45, 7) is 9.08. The monoisotopic (exact) mass is 389 g/mol. The third-order valence-corrected chi connectivity index (χ3v) is 6.46. The molecule has 4 rings (SSSR count). The number of likely N-dealkylation sites (tertiary alicyclic amines) is 2. The third-order valence-electron chi connectivity index (χ3n) is 6.46. The molecule has 3 aliphatic heterocycles. The Morgan fingerprint density at radius 1 is 1.18 bits per heavy atom. The van der Waals surface area contributed by atoms with Gasteiger partial charge in [0.15, 0.2) is 0 Å². The van der Waals surface area contributed by atoms with Crippen LogP contribution in [0, 0.1) is 5.41 Å². The van der Waals surface area contributed by atoms with Crippen LogP contribution in [0.3, 0.4) is 0 Å². The van der Waals surface area contributed by atoms with Crippen LogP contribution in [0.5, 0.6) is 0 Å². The molecule has 7 nitrogen and oxygen atoms in total. The van der Waals surface area contributed by atoms with Crippen LogP contribution in [0.4, 0.5) is 0 Å². The smallest absolute Gasteiger partial charge is 0.257 e. The van der Waals surface area contributed by atoms with E-state index in [1.807, 2.05) is 22.8 Å². The lowest BCUT2D eigenvalue weighted by Gasteiger charge is -2.48. The number of furan rings is 1. The molecule has 0 saturated carbocycles. The van der Waals surface area contributed by atoms with Crippen molar-refractivity contribution < 1.29 is 18.7 Å². The molecule has 1 atom stereocenters. The maximum Gasteiger partial charge on any atom is 0.257 e. The lowest BCUT2D eigenvalue weighted by Crippen LogP contribution is -2.55. The summed E-state index contributed by atoms with van der Waals surface area (Å²) in [6, 6.07) is 1.89. The van der Waals surface area contributed by atoms with E-state index >= 15 is 0 Å². The molecule has 0 radical (unpaired) electrons. The second kappa shape index (κ2) is 8.25. The molecule has 3 aliphatic rings. The van der Waals surface area contributed by atoms with Crippen LogP contribution >= 0.6 is 0 Å². The van der Waals surface area contributed by atoms with E-state index in [1.54, 1.807) is 6.26 Å². The fourth-order valence-electron chi connectivity index (χ4n) is 4.84. The van der Waals surface area contributed by atoms with Crippen molar-refractivity contribution in [3.8, 4) is 0 Å². The summed E-state index contributed by atoms with van der Waals surface area (Å²) >= 11 is 0. The average Bonchev–Trinajstić information content (AvgIpc) is 3.19. The quantitative estimate of drug-likeness (QED) is 0.788. The first-order valence-electron chi connectivity index (χ1n) is 10.5. The van der Waals surface area contributed by atoms with Crippen molar-refractivity contribution in [1.82, 2.24) is 14.7 Å². The Kier molecular flexibility index (Phi) is 5.73. The third kappa shape index (κ3) is 4.10. The highest BCUT2D eigenvalue weighted by atomic mass is 16.5. The maximum atomic E-state index is 13.1. The van der Waals surface area contributed by atoms with Crippen molar-refractivity contribution in [2.75, 3.05) is 52.5 Å². The second-order valence-electron chi connectivity index (χ2n) is 8.43. The molecule has 2 amide bonds. The number of ether oxygens (including phenoxy) is 1. The predicted octanol–water partition coefficient (Wildman–Crippen LogP) is 1.98. The molecule has 28 heavy (non-hydrogen) atoms. The average molecular weight is 389 g/mol. The minimum Gasteiger partial charge on any atom is -0.467 e. The topological polar surface area (TPSA) is 66.2 Å². The Hall–Kier alpha value is -1.86. The van der Waals surface area contributed by atoms with Gasteiger partial charge in [-0.25, -0.2) is 0 Å². The van der Waals surface area contributed by atoms with Gasteiger partial charge in [-0.1, -0.05) is 0 Å². The fourth-order valence-corrected chi connectivity index (χ4v) is 4.84. The number of nitrogens with zero attached hydrogens (tertiary/aromatic N) is 3. The van der Waals surface area contributed by atoms with Gasteiger partial charge in [0, 0.05) is 51.1 Å². The molecule has 154 valence electrons. The Balaban J connectivity index is 1.40. The number of hydrogen-bond acceptors (Lipinski definition) is 5. The summed E-state index contributed by atoms with van der Waals surface area (Å²) < 4.78 is 11.1. The molecular formula is C21H31N3O4. The molecule has 0 aromatic carbocycles. The van der Waals surface area contributed by atoms with Gasteiger partial charge in [-0.05, 0) is 32.3 Å². The fraction of sp³-hybridized carbons (Fsp3) is 0.714. The van der Waals surface area contributed by atoms with Gasteiger partial charge in [-0.15, -0.1) is 0 Å². The minimum absolute atomic E-state index is 0.0519. The lowest BCUT2D eigenvalue weighted by molar-refractivity contribution is -0.138. The molecule has 3 fully saturated rings. The number of carbonyl (C=O) groups is 2. The molecule has 0 unspecified atom stereocenters. The molecule has 1 aromatic rings. The van der Waals surface area contributed by atoms with Gasteiger partial charge in [0.2, 0.25) is 5.91 Å². The molecule has 1 aromatic heterocycles. The first-order valence-corrected chi connectivity index (χ1v) is 10.5. The lowest BCUT2D eigenvalue weighted by atomic mass is 9.73. The van der Waals surface area contributed by atoms with E-state index in [0.717, 1.165) is 77.5 Å². The zero-order chi connectivity index (χ0) is 19.6. The molecule has 4 heterocycles. The first-order chi connectivity index (χ1) is 13.6. The summed E-state index contributed by atoms with van der Waals surface area (Å²) in [4.78, 5) is 31.4. The van der Waals surface area contributed by atoms with Crippen LogP contribution in [0.1, 0.15) is 48.7 Å². The maximum absolute atomic E-state index is 13.1. The Bertz CT molecular complexity index is 712. The zero-order valence-corrected chi connectivity index (χ0v) is 16.8. The van der Waals surface area contributed by atoms with Crippen molar-refractivity contribution >= 4 is 11.8 Å². The van der Waals surface area contributed by atoms with E-state index in [0.29, 0.717) is 18.5 Å². The number of piperidine rings is 2. The van der Waals surface area contributed by atoms with Crippen molar-refractivity contribution in [2.45, 2.75) is 39.2 Å². The highest BCUT2D eigenvalue weighted by Gasteiger charge is 2.42. The van der Waals surface area contributed by atoms with Crippen molar-refractivity contribution in [3.63, 3.8) is 0 Å². The van der Waals surface area contributed by atoms with Crippen molar-refractivity contribution in [1.29, 1.82) is 0 Å². The summed E-state index contributed by atoms with van der Waals surface area (Å²) in [6.07, 6.45) is 5.18. The predicted molar refractivity (Wildman–Crippen MR) is 104 cm³/mol. The van der Waals surface area contributed by atoms with Crippen LogP contribution in [0.2, 0.25) is 0 Å². The van der Waals surface area contributed by atoms with E-state index in [-0.39, 0.29) is 17.2 Å². The Morgan fingerprint density at radius 3 is 2.79 bits per heavy atom. The number of morpholine rings is 1. The zero-order valence-electron chi connectivity index (χ0n) is 16.8. The molecule has 1 spiro atoms. The largest absolute Gasteiger partial charge is 0.467 e. The molecule has 0 N–H and O–H groups in total. The van der Waals surface area contributed by atoms with Gasteiger partial charge in [-0.3, -0.25) is 14.5 Å². The van der Waals surface area contributed by atoms with Gasteiger partial charge >= 0.3 is 0 Å². The number of hydrogen-bond donors (Lipinski definition) is 0. The summed E-state index contributed by atoms with van der Waals surface area (Å²) in [5.41, 5.74) is 0.692. The summed E-state index contributed by atoms with van der Waals surface area (Å²) in [7, 11) is 0. The molecule has 3 saturated heterocycles. The van der Waals surface area contributed by atoms with Gasteiger partial charge in [0.05, 0.1) is 25.3 Å². The van der Waals surface area contributed by atoms with E-state index in [9.17, 15) is 9.59 Å². The molecular weight excluding hydrogens is 358 g/mol. The standard InChI is InChI=1S/C21H31N3O4/c1-2-23-15-21(6-4-19(23)25)5-3-7-24(16-21)20(26)17-12-18(28-14-17)13-22-8-10-27-11-9-22/h12,14H,2-11,13,15-16H2,1H3/t21-/m0/s1. The Labute approximate surface area is 166 Å². The normalized spacial score (nSPS) is 26.8. The van der Waals surface area contributed by atoms with E-state index < -0.39 is 0 Å². The molecule has 0 aliphatic carbocycles.